The van der Waals surface area contributed by atoms with Crippen LogP contribution >= 0.6 is 11.3 Å². The summed E-state index contributed by atoms with van der Waals surface area (Å²) in [5, 5.41) is 16.6. The van der Waals surface area contributed by atoms with E-state index >= 15 is 0 Å². The van der Waals surface area contributed by atoms with E-state index < -0.39 is 55.3 Å². The van der Waals surface area contributed by atoms with Crippen LogP contribution in [0.1, 0.15) is 60.8 Å². The predicted octanol–water partition coefficient (Wildman–Crippen LogP) is 4.82. The number of hydrogen-bond donors (Lipinski definition) is 3. The highest BCUT2D eigenvalue weighted by Crippen LogP contribution is 2.27. The fourth-order valence-electron chi connectivity index (χ4n) is 3.18. The molecule has 0 radical (unpaired) electrons. The van der Waals surface area contributed by atoms with Crippen LogP contribution < -0.4 is 10.6 Å². The number of aliphatic hydroxyl groups excluding tert-OH is 1. The number of alkyl halides is 3. The van der Waals surface area contributed by atoms with E-state index in [1.165, 1.54) is 18.3 Å². The summed E-state index contributed by atoms with van der Waals surface area (Å²) in [4.78, 5) is 32.5. The van der Waals surface area contributed by atoms with Crippen molar-refractivity contribution in [3.05, 3.63) is 58.1 Å². The molecular weight excluding hydrogens is 516 g/mol. The molecule has 0 saturated heterocycles. The van der Waals surface area contributed by atoms with Crippen LogP contribution in [0.25, 0.3) is 11.5 Å². The van der Waals surface area contributed by atoms with Crippen molar-refractivity contribution in [2.45, 2.75) is 58.4 Å². The molecule has 8 nitrogen and oxygen atoms in total. The largest absolute Gasteiger partial charge is 0.431 e. The second kappa shape index (κ2) is 13.8. The van der Waals surface area contributed by atoms with Gasteiger partial charge >= 0.3 is 6.18 Å². The molecule has 2 amide bonds. The van der Waals surface area contributed by atoms with Gasteiger partial charge in [0.15, 0.2) is 0 Å². The number of aryl methyl sites for hydroxylation is 1. The summed E-state index contributed by atoms with van der Waals surface area (Å²) in [6.45, 7) is 5.25. The van der Waals surface area contributed by atoms with Gasteiger partial charge < -0.3 is 20.2 Å². The molecule has 1 aromatic carbocycles. The average Bonchev–Trinajstić information content (AvgIpc) is 3.58. The maximum Gasteiger partial charge on any atom is 0.389 e. The van der Waals surface area contributed by atoms with Gasteiger partial charge in [0.2, 0.25) is 17.6 Å². The Morgan fingerprint density at radius 2 is 1.92 bits per heavy atom. The zero-order valence-electron chi connectivity index (χ0n) is 20.4. The van der Waals surface area contributed by atoms with Crippen LogP contribution in [-0.4, -0.2) is 45.7 Å². The summed E-state index contributed by atoms with van der Waals surface area (Å²) in [7, 11) is 0. The van der Waals surface area contributed by atoms with Crippen molar-refractivity contribution in [2.24, 2.45) is 0 Å². The number of halogens is 4. The number of rotatable bonds is 10. The Hall–Kier alpha value is -3.32. The van der Waals surface area contributed by atoms with Crippen LogP contribution in [-0.2, 0) is 11.2 Å². The maximum absolute atomic E-state index is 13.8. The number of amides is 2. The number of nitrogens with zero attached hydrogens (tertiary/aromatic N) is 2. The van der Waals surface area contributed by atoms with Gasteiger partial charge in [-0.1, -0.05) is 20.8 Å². The van der Waals surface area contributed by atoms with Crippen LogP contribution in [0.5, 0.6) is 0 Å². The van der Waals surface area contributed by atoms with Gasteiger partial charge in [0, 0.05) is 23.6 Å². The van der Waals surface area contributed by atoms with Crippen molar-refractivity contribution in [3.63, 3.8) is 0 Å². The quantitative estimate of drug-likeness (QED) is 0.315. The van der Waals surface area contributed by atoms with Gasteiger partial charge in [0.25, 0.3) is 5.91 Å². The summed E-state index contributed by atoms with van der Waals surface area (Å²) >= 11 is 1.03. The molecule has 13 heteroatoms. The number of carbonyl (C=O) groups excluding carboxylic acids is 2. The third-order valence-corrected chi connectivity index (χ3v) is 5.77. The number of benzene rings is 1. The summed E-state index contributed by atoms with van der Waals surface area (Å²) in [6, 6.07) is 2.96. The minimum absolute atomic E-state index is 0.00702. The first-order valence-electron chi connectivity index (χ1n) is 11.5. The maximum atomic E-state index is 13.8. The number of aromatic nitrogens is 2. The Kier molecular flexibility index (Phi) is 11.2. The number of nitrogens with one attached hydrogen (secondary N) is 2. The predicted molar refractivity (Wildman–Crippen MR) is 129 cm³/mol. The Labute approximate surface area is 215 Å². The Bertz CT molecular complexity index is 1150. The lowest BCUT2D eigenvalue weighted by Gasteiger charge is -2.23. The van der Waals surface area contributed by atoms with Gasteiger partial charge in [-0.3, -0.25) is 9.59 Å². The molecule has 2 heterocycles. The van der Waals surface area contributed by atoms with Crippen LogP contribution in [0.15, 0.2) is 40.4 Å². The highest BCUT2D eigenvalue weighted by atomic mass is 32.1. The van der Waals surface area contributed by atoms with Crippen LogP contribution in [0.3, 0.4) is 0 Å². The fraction of sp³-hybridized carbons (Fsp3) is 0.417. The van der Waals surface area contributed by atoms with Crippen molar-refractivity contribution >= 4 is 23.2 Å². The molecule has 2 aromatic heterocycles. The zero-order valence-corrected chi connectivity index (χ0v) is 21.3. The van der Waals surface area contributed by atoms with E-state index in [1.54, 1.807) is 11.4 Å². The second-order valence-corrected chi connectivity index (χ2v) is 8.48. The van der Waals surface area contributed by atoms with Crippen molar-refractivity contribution in [1.82, 2.24) is 20.6 Å². The molecule has 0 aliphatic heterocycles. The van der Waals surface area contributed by atoms with E-state index in [4.69, 9.17) is 4.42 Å². The molecule has 202 valence electrons. The molecule has 3 N–H and O–H groups in total. The van der Waals surface area contributed by atoms with Gasteiger partial charge in [0.05, 0.1) is 18.8 Å². The summed E-state index contributed by atoms with van der Waals surface area (Å²) in [5.74, 6) is -2.35. The van der Waals surface area contributed by atoms with Gasteiger partial charge in [-0.15, -0.1) is 11.3 Å². The van der Waals surface area contributed by atoms with Gasteiger partial charge in [-0.05, 0) is 36.6 Å². The molecule has 0 spiro atoms. The molecule has 3 rings (SSSR count). The number of hydrogen-bond acceptors (Lipinski definition) is 7. The molecule has 0 saturated carbocycles. The summed E-state index contributed by atoms with van der Waals surface area (Å²) < 4.78 is 57.2. The molecule has 2 atom stereocenters. The smallest absolute Gasteiger partial charge is 0.389 e. The summed E-state index contributed by atoms with van der Waals surface area (Å²) in [6.07, 6.45) is -4.68. The lowest BCUT2D eigenvalue weighted by Crippen LogP contribution is -2.45. The van der Waals surface area contributed by atoms with Crippen LogP contribution in [0.4, 0.5) is 17.6 Å². The number of carbonyl (C=O) groups is 2. The van der Waals surface area contributed by atoms with E-state index in [9.17, 15) is 32.3 Å². The molecule has 0 aliphatic rings. The minimum Gasteiger partial charge on any atom is -0.431 e. The fourth-order valence-corrected chi connectivity index (χ4v) is 3.86. The van der Waals surface area contributed by atoms with Crippen LogP contribution in [0.2, 0.25) is 0 Å². The SMILES string of the molecule is CC.CCc1cc(F)cc(-c2ncc(C(=O)NCC(=O)NC(CCC(F)(F)F)C(O)c3nccs3)o2)c1. The minimum atomic E-state index is -4.48. The van der Waals surface area contributed by atoms with Crippen molar-refractivity contribution in [3.8, 4) is 11.5 Å². The first-order valence-corrected chi connectivity index (χ1v) is 12.4. The molecule has 0 fully saturated rings. The lowest BCUT2D eigenvalue weighted by atomic mass is 10.1. The van der Waals surface area contributed by atoms with Gasteiger partial charge in [-0.25, -0.2) is 14.4 Å². The lowest BCUT2D eigenvalue weighted by molar-refractivity contribution is -0.139. The van der Waals surface area contributed by atoms with Gasteiger partial charge in [0.1, 0.15) is 16.9 Å². The molecular formula is C24H28F4N4O4S. The van der Waals surface area contributed by atoms with E-state index in [0.717, 1.165) is 17.5 Å². The second-order valence-electron chi connectivity index (χ2n) is 7.56. The standard InChI is InChI=1S/C22H22F4N4O4S.C2H6/c1-2-12-7-13(9-14(23)8-12)20-29-10-16(34-20)19(33)28-11-17(31)30-15(3-4-22(24,25)26)18(32)21-27-5-6-35-21;1-2/h5-10,15,18,32H,2-4,11H2,1H3,(H,28,33)(H,30,31);1-2H3. The highest BCUT2D eigenvalue weighted by molar-refractivity contribution is 7.09. The molecule has 2 unspecified atom stereocenters. The van der Waals surface area contributed by atoms with Gasteiger partial charge in [-0.2, -0.15) is 13.2 Å². The highest BCUT2D eigenvalue weighted by Gasteiger charge is 2.32. The van der Waals surface area contributed by atoms with Crippen molar-refractivity contribution in [2.75, 3.05) is 6.54 Å². The van der Waals surface area contributed by atoms with E-state index in [0.29, 0.717) is 17.5 Å². The summed E-state index contributed by atoms with van der Waals surface area (Å²) in [5.41, 5.74) is 1.04. The normalized spacial score (nSPS) is 12.8. The van der Waals surface area contributed by atoms with E-state index in [2.05, 4.69) is 20.6 Å². The zero-order chi connectivity index (χ0) is 27.6. The molecule has 37 heavy (non-hydrogen) atoms. The Morgan fingerprint density at radius 1 is 1.19 bits per heavy atom. The third-order valence-electron chi connectivity index (χ3n) is 4.92. The Balaban J connectivity index is 0.00000235. The number of thiazole rings is 1. The average molecular weight is 545 g/mol. The third kappa shape index (κ3) is 9.25. The van der Waals surface area contributed by atoms with Crippen LogP contribution in [0, 0.1) is 5.82 Å². The van der Waals surface area contributed by atoms with E-state index in [-0.39, 0.29) is 16.7 Å². The van der Waals surface area contributed by atoms with Crippen molar-refractivity contribution in [1.29, 1.82) is 0 Å². The number of aliphatic hydroxyl groups is 1. The van der Waals surface area contributed by atoms with E-state index in [1.807, 2.05) is 20.8 Å². The first kappa shape index (κ1) is 29.9. The number of oxazole rings is 1. The molecule has 0 aliphatic carbocycles. The molecule has 3 aromatic rings. The topological polar surface area (TPSA) is 117 Å². The Morgan fingerprint density at radius 3 is 2.54 bits per heavy atom. The monoisotopic (exact) mass is 544 g/mol. The molecule has 0 bridgehead atoms. The van der Waals surface area contributed by atoms with Crippen molar-refractivity contribution < 1.29 is 36.7 Å². The first-order chi connectivity index (χ1) is 17.6.